The highest BCUT2D eigenvalue weighted by Crippen LogP contribution is 1.99. The van der Waals surface area contributed by atoms with E-state index < -0.39 is 0 Å². The van der Waals surface area contributed by atoms with Crippen LogP contribution in [0.5, 0.6) is 0 Å². The molecular weight excluding hydrogens is 204 g/mol. The zero-order valence-electron chi connectivity index (χ0n) is 9.65. The summed E-state index contributed by atoms with van der Waals surface area (Å²) < 4.78 is 0. The topological polar surface area (TPSA) is 16.1 Å². The Hall–Kier alpha value is -0.540. The monoisotopic (exact) mass is 224 g/mol. The molecule has 0 aliphatic carbocycles. The first-order chi connectivity index (χ1) is 7.33. The van der Waals surface area contributed by atoms with E-state index in [4.69, 9.17) is 0 Å². The standard InChI is InChI=1S/C12H20N2S/c1-14(9-5-11-15-2)10-7-12-6-3-4-8-13-12/h3-4,6,8H,5,7,9-11H2,1-2H3. The Labute approximate surface area is 97.1 Å². The zero-order chi connectivity index (χ0) is 10.9. The summed E-state index contributed by atoms with van der Waals surface area (Å²) >= 11 is 1.92. The van der Waals surface area contributed by atoms with Gasteiger partial charge in [0.25, 0.3) is 0 Å². The van der Waals surface area contributed by atoms with Crippen molar-refractivity contribution >= 4 is 11.8 Å². The first kappa shape index (κ1) is 12.5. The van der Waals surface area contributed by atoms with Gasteiger partial charge in [-0.3, -0.25) is 4.98 Å². The fourth-order valence-corrected chi connectivity index (χ4v) is 1.86. The van der Waals surface area contributed by atoms with Crippen LogP contribution in [0.25, 0.3) is 0 Å². The second-order valence-electron chi connectivity index (χ2n) is 3.72. The van der Waals surface area contributed by atoms with Gasteiger partial charge < -0.3 is 4.90 Å². The summed E-state index contributed by atoms with van der Waals surface area (Å²) in [5, 5.41) is 0. The molecule has 3 heteroatoms. The number of thioether (sulfide) groups is 1. The third-order valence-electron chi connectivity index (χ3n) is 2.36. The molecule has 0 aromatic carbocycles. The molecule has 0 aliphatic rings. The second kappa shape index (κ2) is 7.71. The number of hydrogen-bond acceptors (Lipinski definition) is 3. The van der Waals surface area contributed by atoms with E-state index in [-0.39, 0.29) is 0 Å². The SMILES string of the molecule is CSCCCN(C)CCc1ccccn1. The zero-order valence-corrected chi connectivity index (χ0v) is 10.5. The van der Waals surface area contributed by atoms with E-state index in [1.807, 2.05) is 24.0 Å². The van der Waals surface area contributed by atoms with Gasteiger partial charge in [0.1, 0.15) is 0 Å². The molecule has 0 amide bonds. The van der Waals surface area contributed by atoms with Crippen LogP contribution < -0.4 is 0 Å². The third kappa shape index (κ3) is 5.80. The van der Waals surface area contributed by atoms with Crippen LogP contribution in [-0.2, 0) is 6.42 Å². The molecule has 0 saturated carbocycles. The molecule has 0 N–H and O–H groups in total. The van der Waals surface area contributed by atoms with Crippen LogP contribution in [0.1, 0.15) is 12.1 Å². The molecule has 0 saturated heterocycles. The van der Waals surface area contributed by atoms with Gasteiger partial charge in [-0.1, -0.05) is 6.07 Å². The first-order valence-electron chi connectivity index (χ1n) is 5.40. The maximum Gasteiger partial charge on any atom is 0.0416 e. The van der Waals surface area contributed by atoms with Gasteiger partial charge in [-0.15, -0.1) is 0 Å². The Morgan fingerprint density at radius 1 is 1.33 bits per heavy atom. The van der Waals surface area contributed by atoms with Crippen LogP contribution >= 0.6 is 11.8 Å². The highest BCUT2D eigenvalue weighted by molar-refractivity contribution is 7.98. The van der Waals surface area contributed by atoms with Gasteiger partial charge in [-0.05, 0) is 44.2 Å². The molecule has 0 atom stereocenters. The van der Waals surface area contributed by atoms with E-state index in [1.165, 1.54) is 24.4 Å². The fraction of sp³-hybridized carbons (Fsp3) is 0.583. The maximum absolute atomic E-state index is 4.32. The Morgan fingerprint density at radius 2 is 2.20 bits per heavy atom. The molecule has 15 heavy (non-hydrogen) atoms. The summed E-state index contributed by atoms with van der Waals surface area (Å²) in [5.41, 5.74) is 1.19. The number of rotatable bonds is 7. The van der Waals surface area contributed by atoms with Crippen molar-refractivity contribution in [3.63, 3.8) is 0 Å². The highest BCUT2D eigenvalue weighted by Gasteiger charge is 1.99. The van der Waals surface area contributed by atoms with Crippen molar-refractivity contribution in [3.8, 4) is 0 Å². The van der Waals surface area contributed by atoms with E-state index in [1.54, 1.807) is 0 Å². The Morgan fingerprint density at radius 3 is 2.87 bits per heavy atom. The lowest BCUT2D eigenvalue weighted by molar-refractivity contribution is 0.339. The molecule has 1 rings (SSSR count). The quantitative estimate of drug-likeness (QED) is 0.661. The van der Waals surface area contributed by atoms with E-state index in [9.17, 15) is 0 Å². The van der Waals surface area contributed by atoms with Crippen molar-refractivity contribution in [1.82, 2.24) is 9.88 Å². The summed E-state index contributed by atoms with van der Waals surface area (Å²) in [4.78, 5) is 6.70. The number of pyridine rings is 1. The lowest BCUT2D eigenvalue weighted by Gasteiger charge is -2.15. The predicted molar refractivity (Wildman–Crippen MR) is 68.4 cm³/mol. The molecule has 84 valence electrons. The van der Waals surface area contributed by atoms with Gasteiger partial charge in [0.15, 0.2) is 0 Å². The fourth-order valence-electron chi connectivity index (χ4n) is 1.44. The van der Waals surface area contributed by atoms with Crippen LogP contribution in [0.2, 0.25) is 0 Å². The molecule has 0 radical (unpaired) electrons. The largest absolute Gasteiger partial charge is 0.306 e. The van der Waals surface area contributed by atoms with Gasteiger partial charge in [0.05, 0.1) is 0 Å². The lowest BCUT2D eigenvalue weighted by atomic mass is 10.2. The Balaban J connectivity index is 2.14. The first-order valence-corrected chi connectivity index (χ1v) is 6.79. The number of nitrogens with zero attached hydrogens (tertiary/aromatic N) is 2. The van der Waals surface area contributed by atoms with Crippen molar-refractivity contribution in [2.24, 2.45) is 0 Å². The Kier molecular flexibility index (Phi) is 6.44. The van der Waals surface area contributed by atoms with Gasteiger partial charge in [0.2, 0.25) is 0 Å². The van der Waals surface area contributed by atoms with Gasteiger partial charge in [-0.25, -0.2) is 0 Å². The van der Waals surface area contributed by atoms with Crippen LogP contribution in [-0.4, -0.2) is 42.0 Å². The van der Waals surface area contributed by atoms with Crippen molar-refractivity contribution in [3.05, 3.63) is 30.1 Å². The van der Waals surface area contributed by atoms with Crippen LogP contribution in [0.4, 0.5) is 0 Å². The van der Waals surface area contributed by atoms with Crippen LogP contribution in [0, 0.1) is 0 Å². The van der Waals surface area contributed by atoms with Crippen molar-refractivity contribution in [1.29, 1.82) is 0 Å². The summed E-state index contributed by atoms with van der Waals surface area (Å²) in [6.45, 7) is 2.29. The number of hydrogen-bond donors (Lipinski definition) is 0. The summed E-state index contributed by atoms with van der Waals surface area (Å²) in [6, 6.07) is 6.11. The third-order valence-corrected chi connectivity index (χ3v) is 3.06. The van der Waals surface area contributed by atoms with E-state index in [0.29, 0.717) is 0 Å². The number of aromatic nitrogens is 1. The second-order valence-corrected chi connectivity index (χ2v) is 4.71. The predicted octanol–water partition coefficient (Wildman–Crippen LogP) is 2.31. The minimum Gasteiger partial charge on any atom is -0.306 e. The lowest BCUT2D eigenvalue weighted by Crippen LogP contribution is -2.23. The molecule has 1 heterocycles. The molecule has 2 nitrogen and oxygen atoms in total. The minimum atomic E-state index is 1.05. The van der Waals surface area contributed by atoms with E-state index >= 15 is 0 Å². The van der Waals surface area contributed by atoms with E-state index in [0.717, 1.165) is 13.0 Å². The molecule has 0 fully saturated rings. The molecule has 0 aliphatic heterocycles. The van der Waals surface area contributed by atoms with E-state index in [2.05, 4.69) is 35.3 Å². The van der Waals surface area contributed by atoms with Gasteiger partial charge >= 0.3 is 0 Å². The van der Waals surface area contributed by atoms with Crippen LogP contribution in [0.3, 0.4) is 0 Å². The van der Waals surface area contributed by atoms with Gasteiger partial charge in [0, 0.05) is 24.9 Å². The van der Waals surface area contributed by atoms with Crippen molar-refractivity contribution < 1.29 is 0 Å². The molecule has 0 spiro atoms. The molecular formula is C12H20N2S. The highest BCUT2D eigenvalue weighted by atomic mass is 32.2. The van der Waals surface area contributed by atoms with Gasteiger partial charge in [-0.2, -0.15) is 11.8 Å². The average molecular weight is 224 g/mol. The Bertz CT molecular complexity index is 251. The van der Waals surface area contributed by atoms with Crippen molar-refractivity contribution in [2.45, 2.75) is 12.8 Å². The molecule has 0 unspecified atom stereocenters. The smallest absolute Gasteiger partial charge is 0.0416 e. The average Bonchev–Trinajstić information content (AvgIpc) is 2.28. The minimum absolute atomic E-state index is 1.05. The molecule has 0 bridgehead atoms. The summed E-state index contributed by atoms with van der Waals surface area (Å²) in [7, 11) is 2.18. The molecule has 1 aromatic heterocycles. The normalized spacial score (nSPS) is 10.9. The number of likely N-dealkylation sites (N-methyl/N-ethyl adjacent to an activating group) is 1. The van der Waals surface area contributed by atoms with Crippen LogP contribution in [0.15, 0.2) is 24.4 Å². The summed E-state index contributed by atoms with van der Waals surface area (Å²) in [5.74, 6) is 1.26. The van der Waals surface area contributed by atoms with Crippen molar-refractivity contribution in [2.75, 3.05) is 32.1 Å². The summed E-state index contributed by atoms with van der Waals surface area (Å²) in [6.07, 6.45) is 6.35. The molecule has 1 aromatic rings. The maximum atomic E-state index is 4.32.